The maximum atomic E-state index is 12.6. The van der Waals surface area contributed by atoms with Crippen molar-refractivity contribution in [2.75, 3.05) is 33.0 Å². The molecule has 9 heteroatoms. The van der Waals surface area contributed by atoms with Gasteiger partial charge >= 0.3 is 13.8 Å². The lowest BCUT2D eigenvalue weighted by Crippen LogP contribution is -2.28. The highest BCUT2D eigenvalue weighted by Gasteiger charge is 2.25. The van der Waals surface area contributed by atoms with E-state index in [4.69, 9.17) is 24.3 Å². The number of esters is 1. The van der Waals surface area contributed by atoms with Gasteiger partial charge in [-0.3, -0.25) is 13.8 Å². The molecule has 334 valence electrons. The Morgan fingerprint density at radius 1 is 0.544 bits per heavy atom. The monoisotopic (exact) mass is 824 g/mol. The number of phosphoric acid groups is 1. The molecule has 0 bridgehead atoms. The second-order valence-electron chi connectivity index (χ2n) is 15.6. The third kappa shape index (κ3) is 45.4. The number of hydrogen-bond donors (Lipinski definition) is 2. The van der Waals surface area contributed by atoms with E-state index in [2.05, 4.69) is 62.5 Å². The van der Waals surface area contributed by atoms with Crippen molar-refractivity contribution in [3.8, 4) is 0 Å². The molecule has 0 aromatic heterocycles. The van der Waals surface area contributed by atoms with Crippen LogP contribution in [0.25, 0.3) is 0 Å². The van der Waals surface area contributed by atoms with Crippen LogP contribution in [0, 0.1) is 0 Å². The minimum absolute atomic E-state index is 0.0949. The highest BCUT2D eigenvalue weighted by atomic mass is 31.2. The second-order valence-corrected chi connectivity index (χ2v) is 17.1. The van der Waals surface area contributed by atoms with E-state index in [0.717, 1.165) is 57.8 Å². The molecular weight excluding hydrogens is 734 g/mol. The van der Waals surface area contributed by atoms with Gasteiger partial charge in [0.05, 0.1) is 19.8 Å². The summed E-state index contributed by atoms with van der Waals surface area (Å²) < 4.78 is 33.5. The van der Waals surface area contributed by atoms with E-state index >= 15 is 0 Å². The van der Waals surface area contributed by atoms with Crippen LogP contribution in [-0.2, 0) is 27.9 Å². The predicted octanol–water partition coefficient (Wildman–Crippen LogP) is 14.4. The van der Waals surface area contributed by atoms with Gasteiger partial charge in [-0.1, -0.05) is 204 Å². The van der Waals surface area contributed by atoms with E-state index in [0.29, 0.717) is 13.0 Å². The SMILES string of the molecule is CC/C=C\C/C=C\C/C=C\C/C=C\CCCCCCCCCCCCCCCOCC(COP(=O)(O)OCCN)OC(=O)CCCCCCCCCCCCCC. The molecule has 0 aliphatic heterocycles. The standard InChI is InChI=1S/C48H90NO7P/c1-3-5-7-9-11-13-15-17-18-19-20-21-22-23-24-25-26-27-28-29-30-32-34-36-38-40-43-53-45-47(46-55-57(51,52)54-44-42-49)56-48(50)41-39-37-35-33-31-16-14-12-10-8-6-4-2/h5,7,11,13,17-18,20-21,47H,3-4,6,8-10,12,14-16,19,22-46,49H2,1-2H3,(H,51,52)/b7-5-,13-11-,18-17-,21-20-. The number of unbranched alkanes of at least 4 members (excludes halogenated alkanes) is 24. The molecule has 0 aromatic carbocycles. The zero-order chi connectivity index (χ0) is 41.6. The zero-order valence-corrected chi connectivity index (χ0v) is 38.0. The molecule has 2 atom stereocenters. The van der Waals surface area contributed by atoms with Crippen LogP contribution in [0.15, 0.2) is 48.6 Å². The van der Waals surface area contributed by atoms with Crippen LogP contribution in [-0.4, -0.2) is 49.9 Å². The van der Waals surface area contributed by atoms with Crippen molar-refractivity contribution in [1.29, 1.82) is 0 Å². The molecule has 8 nitrogen and oxygen atoms in total. The summed E-state index contributed by atoms with van der Waals surface area (Å²) in [7, 11) is -4.27. The molecule has 0 amide bonds. The Kier molecular flexibility index (Phi) is 44.3. The van der Waals surface area contributed by atoms with Gasteiger partial charge in [0, 0.05) is 19.6 Å². The van der Waals surface area contributed by atoms with E-state index in [1.165, 1.54) is 135 Å². The zero-order valence-electron chi connectivity index (χ0n) is 37.1. The lowest BCUT2D eigenvalue weighted by atomic mass is 10.0. The van der Waals surface area contributed by atoms with Gasteiger partial charge in [-0.25, -0.2) is 4.57 Å². The fourth-order valence-corrected chi connectivity index (χ4v) is 7.34. The summed E-state index contributed by atoms with van der Waals surface area (Å²) in [5.41, 5.74) is 5.37. The number of hydrogen-bond acceptors (Lipinski definition) is 7. The molecule has 0 radical (unpaired) electrons. The fourth-order valence-electron chi connectivity index (χ4n) is 6.58. The quantitative estimate of drug-likeness (QED) is 0.0270. The molecule has 0 saturated carbocycles. The van der Waals surface area contributed by atoms with Crippen LogP contribution in [0.5, 0.6) is 0 Å². The summed E-state index contributed by atoms with van der Waals surface area (Å²) >= 11 is 0. The number of nitrogens with two attached hydrogens (primary N) is 1. The van der Waals surface area contributed by atoms with Crippen molar-refractivity contribution < 1.29 is 32.8 Å². The lowest BCUT2D eigenvalue weighted by Gasteiger charge is -2.20. The van der Waals surface area contributed by atoms with Crippen LogP contribution < -0.4 is 5.73 Å². The molecule has 0 aliphatic carbocycles. The van der Waals surface area contributed by atoms with Crippen molar-refractivity contribution >= 4 is 13.8 Å². The van der Waals surface area contributed by atoms with Crippen molar-refractivity contribution in [2.24, 2.45) is 5.73 Å². The summed E-state index contributed by atoms with van der Waals surface area (Å²) in [6, 6.07) is 0. The minimum atomic E-state index is -4.27. The van der Waals surface area contributed by atoms with E-state index in [9.17, 15) is 14.3 Å². The van der Waals surface area contributed by atoms with Crippen LogP contribution >= 0.6 is 7.82 Å². The normalized spacial score (nSPS) is 13.8. The Morgan fingerprint density at radius 2 is 0.982 bits per heavy atom. The lowest BCUT2D eigenvalue weighted by molar-refractivity contribution is -0.154. The van der Waals surface area contributed by atoms with Gasteiger partial charge in [0.15, 0.2) is 0 Å². The Bertz CT molecular complexity index is 1010. The van der Waals surface area contributed by atoms with E-state index < -0.39 is 13.9 Å². The van der Waals surface area contributed by atoms with Crippen LogP contribution in [0.3, 0.4) is 0 Å². The number of carbonyl (C=O) groups excluding carboxylic acids is 1. The average Bonchev–Trinajstić information content (AvgIpc) is 3.20. The van der Waals surface area contributed by atoms with Gasteiger partial charge in [-0.2, -0.15) is 0 Å². The number of carbonyl (C=O) groups is 1. The Balaban J connectivity index is 3.88. The van der Waals surface area contributed by atoms with Crippen molar-refractivity contribution in [2.45, 2.75) is 219 Å². The highest BCUT2D eigenvalue weighted by Crippen LogP contribution is 2.43. The first kappa shape index (κ1) is 55.5. The van der Waals surface area contributed by atoms with Crippen molar-refractivity contribution in [3.63, 3.8) is 0 Å². The third-order valence-electron chi connectivity index (χ3n) is 10.0. The first-order valence-electron chi connectivity index (χ1n) is 23.6. The van der Waals surface area contributed by atoms with Crippen LogP contribution in [0.4, 0.5) is 0 Å². The van der Waals surface area contributed by atoms with E-state index in [1.807, 2.05) is 0 Å². The van der Waals surface area contributed by atoms with Gasteiger partial charge < -0.3 is 20.1 Å². The predicted molar refractivity (Wildman–Crippen MR) is 243 cm³/mol. The molecule has 3 N–H and O–H groups in total. The summed E-state index contributed by atoms with van der Waals surface area (Å²) in [5.74, 6) is -0.330. The molecule has 57 heavy (non-hydrogen) atoms. The number of allylic oxidation sites excluding steroid dienone is 8. The second kappa shape index (κ2) is 45.5. The molecule has 0 rings (SSSR count). The van der Waals surface area contributed by atoms with E-state index in [1.54, 1.807) is 0 Å². The third-order valence-corrected chi connectivity index (χ3v) is 11.0. The minimum Gasteiger partial charge on any atom is -0.457 e. The smallest absolute Gasteiger partial charge is 0.457 e. The van der Waals surface area contributed by atoms with Gasteiger partial charge in [0.1, 0.15) is 6.10 Å². The summed E-state index contributed by atoms with van der Waals surface area (Å²) in [6.07, 6.45) is 54.3. The first-order valence-corrected chi connectivity index (χ1v) is 25.1. The topological polar surface area (TPSA) is 117 Å². The highest BCUT2D eigenvalue weighted by molar-refractivity contribution is 7.47. The maximum absolute atomic E-state index is 12.6. The molecule has 0 aromatic rings. The number of phosphoric ester groups is 1. The number of ether oxygens (including phenoxy) is 2. The van der Waals surface area contributed by atoms with Crippen molar-refractivity contribution in [1.82, 2.24) is 0 Å². The Hall–Kier alpha value is -1.54. The Labute approximate surface area is 351 Å². The first-order chi connectivity index (χ1) is 27.9. The van der Waals surface area contributed by atoms with E-state index in [-0.39, 0.29) is 32.3 Å². The number of rotatable bonds is 45. The average molecular weight is 824 g/mol. The van der Waals surface area contributed by atoms with Gasteiger partial charge in [-0.05, 0) is 51.4 Å². The molecule has 0 fully saturated rings. The summed E-state index contributed by atoms with van der Waals surface area (Å²) in [5, 5.41) is 0. The molecular formula is C48H90NO7P. The molecule has 2 unspecified atom stereocenters. The largest absolute Gasteiger partial charge is 0.472 e. The van der Waals surface area contributed by atoms with Gasteiger partial charge in [0.25, 0.3) is 0 Å². The molecule has 0 saturated heterocycles. The van der Waals surface area contributed by atoms with Crippen LogP contribution in [0.2, 0.25) is 0 Å². The van der Waals surface area contributed by atoms with Gasteiger partial charge in [-0.15, -0.1) is 0 Å². The Morgan fingerprint density at radius 3 is 1.47 bits per heavy atom. The summed E-state index contributed by atoms with van der Waals surface area (Å²) in [6.45, 7) is 4.82. The molecule has 0 spiro atoms. The van der Waals surface area contributed by atoms with Gasteiger partial charge in [0.2, 0.25) is 0 Å². The van der Waals surface area contributed by atoms with Crippen LogP contribution in [0.1, 0.15) is 213 Å². The fraction of sp³-hybridized carbons (Fsp3) is 0.812. The molecule has 0 aliphatic rings. The molecule has 0 heterocycles. The maximum Gasteiger partial charge on any atom is 0.472 e. The van der Waals surface area contributed by atoms with Crippen molar-refractivity contribution in [3.05, 3.63) is 48.6 Å². The summed E-state index contributed by atoms with van der Waals surface area (Å²) in [4.78, 5) is 22.5.